The Hall–Kier alpha value is -2.45. The number of pyridine rings is 1. The summed E-state index contributed by atoms with van der Waals surface area (Å²) < 4.78 is 7.32. The third-order valence-electron chi connectivity index (χ3n) is 6.75. The van der Waals surface area contributed by atoms with E-state index < -0.39 is 0 Å². The quantitative estimate of drug-likeness (QED) is 0.825. The number of carbonyl (C=O) groups is 1. The minimum Gasteiger partial charge on any atom is -0.380 e. The van der Waals surface area contributed by atoms with E-state index in [4.69, 9.17) is 4.74 Å². The molecule has 3 aliphatic heterocycles. The summed E-state index contributed by atoms with van der Waals surface area (Å²) in [6.45, 7) is 7.92. The molecule has 2 aromatic rings. The molecule has 8 heteroatoms. The first-order chi connectivity index (χ1) is 14.6. The molecule has 0 spiro atoms. The number of hydrogen-bond donors (Lipinski definition) is 1. The first-order valence-electron chi connectivity index (χ1n) is 10.9. The fraction of sp³-hybridized carbons (Fsp3) is 0.591. The zero-order valence-electron chi connectivity index (χ0n) is 17.5. The fourth-order valence-electron chi connectivity index (χ4n) is 5.23. The molecule has 0 aromatic carbocycles. The van der Waals surface area contributed by atoms with Crippen LogP contribution in [0.3, 0.4) is 0 Å². The Labute approximate surface area is 175 Å². The molecular weight excluding hydrogens is 382 g/mol. The maximum absolute atomic E-state index is 13.3. The third kappa shape index (κ3) is 3.58. The number of rotatable bonds is 3. The first kappa shape index (κ1) is 19.5. The Kier molecular flexibility index (Phi) is 5.20. The Morgan fingerprint density at radius 2 is 2.13 bits per heavy atom. The van der Waals surface area contributed by atoms with Gasteiger partial charge in [-0.15, -0.1) is 0 Å². The molecule has 5 heterocycles. The second kappa shape index (κ2) is 8.00. The van der Waals surface area contributed by atoms with Gasteiger partial charge >= 0.3 is 0 Å². The number of aromatic nitrogens is 3. The summed E-state index contributed by atoms with van der Waals surface area (Å²) in [7, 11) is 0. The van der Waals surface area contributed by atoms with Crippen LogP contribution in [-0.2, 0) is 17.8 Å². The van der Waals surface area contributed by atoms with Crippen molar-refractivity contribution in [1.82, 2.24) is 24.6 Å². The summed E-state index contributed by atoms with van der Waals surface area (Å²) in [5.41, 5.74) is 3.59. The molecule has 160 valence electrons. The van der Waals surface area contributed by atoms with Crippen LogP contribution in [0.15, 0.2) is 23.1 Å². The van der Waals surface area contributed by atoms with Gasteiger partial charge in [0.2, 0.25) is 0 Å². The van der Waals surface area contributed by atoms with Gasteiger partial charge in [0.1, 0.15) is 5.56 Å². The molecule has 0 radical (unpaired) electrons. The molecule has 1 N–H and O–H groups in total. The Morgan fingerprint density at radius 1 is 1.23 bits per heavy atom. The van der Waals surface area contributed by atoms with Gasteiger partial charge in [-0.3, -0.25) is 19.6 Å². The monoisotopic (exact) mass is 411 g/mol. The highest BCUT2D eigenvalue weighted by Gasteiger charge is 2.36. The molecular formula is C22H29N5O3. The van der Waals surface area contributed by atoms with Crippen LogP contribution in [-0.4, -0.2) is 69.9 Å². The number of nitrogens with one attached hydrogen (secondary N) is 1. The minimum absolute atomic E-state index is 0.128. The molecule has 1 amide bonds. The standard InChI is InChI=1S/C22H29N5O3/c1-15-18(10-23-24-15)14-25-11-16-9-17(13-25)20-4-3-19(22(29)27(20)12-16)21(28)26-5-2-7-30-8-6-26/h3-4,10,16-17H,2,5-9,11-14H2,1H3,(H,23,24)/t16-,17+/m0/s1. The molecule has 0 aliphatic carbocycles. The highest BCUT2D eigenvalue weighted by molar-refractivity contribution is 5.94. The van der Waals surface area contributed by atoms with Crippen LogP contribution in [0.1, 0.15) is 46.1 Å². The fourth-order valence-corrected chi connectivity index (χ4v) is 5.23. The lowest BCUT2D eigenvalue weighted by atomic mass is 9.82. The average molecular weight is 412 g/mol. The van der Waals surface area contributed by atoms with Gasteiger partial charge in [0.25, 0.3) is 11.5 Å². The average Bonchev–Trinajstić information content (AvgIpc) is 2.97. The molecule has 3 aliphatic rings. The van der Waals surface area contributed by atoms with Crippen LogP contribution in [0, 0.1) is 12.8 Å². The summed E-state index contributed by atoms with van der Waals surface area (Å²) >= 11 is 0. The zero-order valence-corrected chi connectivity index (χ0v) is 17.5. The number of likely N-dealkylation sites (tertiary alicyclic amines) is 1. The van der Waals surface area contributed by atoms with E-state index in [9.17, 15) is 9.59 Å². The van der Waals surface area contributed by atoms with E-state index in [1.165, 1.54) is 5.56 Å². The van der Waals surface area contributed by atoms with Crippen LogP contribution in [0.2, 0.25) is 0 Å². The number of aryl methyl sites for hydroxylation is 1. The van der Waals surface area contributed by atoms with Crippen molar-refractivity contribution in [2.24, 2.45) is 5.92 Å². The normalized spacial score (nSPS) is 24.4. The minimum atomic E-state index is -0.159. The van der Waals surface area contributed by atoms with Crippen molar-refractivity contribution in [2.45, 2.75) is 38.8 Å². The Bertz CT molecular complexity index is 989. The molecule has 5 rings (SSSR count). The second-order valence-corrected chi connectivity index (χ2v) is 8.86. The van der Waals surface area contributed by atoms with E-state index in [2.05, 4.69) is 22.0 Å². The number of nitrogens with zero attached hydrogens (tertiary/aromatic N) is 4. The van der Waals surface area contributed by atoms with Crippen LogP contribution >= 0.6 is 0 Å². The number of carbonyl (C=O) groups excluding carboxylic acids is 1. The van der Waals surface area contributed by atoms with E-state index in [0.29, 0.717) is 50.2 Å². The van der Waals surface area contributed by atoms with Crippen molar-refractivity contribution in [3.05, 3.63) is 51.2 Å². The van der Waals surface area contributed by atoms with E-state index in [0.717, 1.165) is 43.9 Å². The molecule has 2 fully saturated rings. The summed E-state index contributed by atoms with van der Waals surface area (Å²) in [6.07, 6.45) is 3.83. The molecule has 0 saturated carbocycles. The molecule has 2 atom stereocenters. The van der Waals surface area contributed by atoms with Crippen LogP contribution < -0.4 is 5.56 Å². The zero-order chi connectivity index (χ0) is 20.7. The maximum atomic E-state index is 13.3. The van der Waals surface area contributed by atoms with Crippen LogP contribution in [0.4, 0.5) is 0 Å². The smallest absolute Gasteiger partial charge is 0.263 e. The number of aromatic amines is 1. The van der Waals surface area contributed by atoms with Crippen molar-refractivity contribution in [2.75, 3.05) is 39.4 Å². The molecule has 0 unspecified atom stereocenters. The number of fused-ring (bicyclic) bond motifs is 4. The van der Waals surface area contributed by atoms with Gasteiger partial charge < -0.3 is 14.2 Å². The van der Waals surface area contributed by atoms with Crippen molar-refractivity contribution in [3.63, 3.8) is 0 Å². The SMILES string of the molecule is Cc1[nH]ncc1CN1C[C@@H]2C[C@H](C1)c1ccc(C(=O)N3CCCOCC3)c(=O)n1C2. The van der Waals surface area contributed by atoms with Gasteiger partial charge in [0.15, 0.2) is 0 Å². The Balaban J connectivity index is 1.37. The molecule has 2 bridgehead atoms. The summed E-state index contributed by atoms with van der Waals surface area (Å²) in [5.74, 6) is 0.597. The highest BCUT2D eigenvalue weighted by Crippen LogP contribution is 2.35. The molecule has 2 saturated heterocycles. The van der Waals surface area contributed by atoms with Crippen LogP contribution in [0.25, 0.3) is 0 Å². The summed E-state index contributed by atoms with van der Waals surface area (Å²) in [5, 5.41) is 7.15. The Morgan fingerprint density at radius 3 is 2.97 bits per heavy atom. The van der Waals surface area contributed by atoms with Crippen molar-refractivity contribution in [3.8, 4) is 0 Å². The molecule has 8 nitrogen and oxygen atoms in total. The van der Waals surface area contributed by atoms with E-state index in [1.807, 2.05) is 16.8 Å². The summed E-state index contributed by atoms with van der Waals surface area (Å²) in [4.78, 5) is 30.5. The van der Waals surface area contributed by atoms with Crippen molar-refractivity contribution >= 4 is 5.91 Å². The van der Waals surface area contributed by atoms with Gasteiger partial charge in [0.05, 0.1) is 12.8 Å². The van der Waals surface area contributed by atoms with Gasteiger partial charge in [-0.1, -0.05) is 0 Å². The molecule has 2 aromatic heterocycles. The maximum Gasteiger partial charge on any atom is 0.263 e. The van der Waals surface area contributed by atoms with E-state index in [1.54, 1.807) is 11.0 Å². The van der Waals surface area contributed by atoms with Gasteiger partial charge in [-0.2, -0.15) is 5.10 Å². The lowest BCUT2D eigenvalue weighted by molar-refractivity contribution is 0.0736. The number of amides is 1. The number of ether oxygens (including phenoxy) is 1. The largest absolute Gasteiger partial charge is 0.380 e. The van der Waals surface area contributed by atoms with E-state index in [-0.39, 0.29) is 11.5 Å². The van der Waals surface area contributed by atoms with Crippen LogP contribution in [0.5, 0.6) is 0 Å². The lowest BCUT2D eigenvalue weighted by Gasteiger charge is -2.43. The number of piperidine rings is 1. The number of H-pyrrole nitrogens is 1. The third-order valence-corrected chi connectivity index (χ3v) is 6.75. The lowest BCUT2D eigenvalue weighted by Crippen LogP contribution is -2.48. The number of hydrogen-bond acceptors (Lipinski definition) is 5. The van der Waals surface area contributed by atoms with Gasteiger partial charge in [-0.25, -0.2) is 0 Å². The summed E-state index contributed by atoms with van der Waals surface area (Å²) in [6, 6.07) is 3.76. The predicted molar refractivity (Wildman–Crippen MR) is 111 cm³/mol. The highest BCUT2D eigenvalue weighted by atomic mass is 16.5. The second-order valence-electron chi connectivity index (χ2n) is 8.86. The first-order valence-corrected chi connectivity index (χ1v) is 10.9. The van der Waals surface area contributed by atoms with Gasteiger partial charge in [0, 0.05) is 68.7 Å². The van der Waals surface area contributed by atoms with Gasteiger partial charge in [-0.05, 0) is 37.8 Å². The van der Waals surface area contributed by atoms with E-state index >= 15 is 0 Å². The predicted octanol–water partition coefficient (Wildman–Crippen LogP) is 1.36. The van der Waals surface area contributed by atoms with Crippen molar-refractivity contribution < 1.29 is 9.53 Å². The topological polar surface area (TPSA) is 83.5 Å². The molecule has 30 heavy (non-hydrogen) atoms. The van der Waals surface area contributed by atoms with Crippen molar-refractivity contribution in [1.29, 1.82) is 0 Å².